The summed E-state index contributed by atoms with van der Waals surface area (Å²) in [5.41, 5.74) is 0.746. The van der Waals surface area contributed by atoms with E-state index in [4.69, 9.17) is 9.15 Å². The largest absolute Gasteiger partial charge is 0.463 e. The molecule has 1 aromatic heterocycles. The van der Waals surface area contributed by atoms with Crippen LogP contribution >= 0.6 is 0 Å². The highest BCUT2D eigenvalue weighted by Gasteiger charge is 2.21. The van der Waals surface area contributed by atoms with E-state index in [1.807, 2.05) is 0 Å². The van der Waals surface area contributed by atoms with E-state index in [1.54, 1.807) is 0 Å². The molecule has 0 amide bonds. The number of aryl methyl sites for hydroxylation is 2. The standard InChI is InChI=1S/C15H23NO3/c1-3-6-12-14(15(17)18-2)19-13(16-12)10-9-11-7-4-5-8-11/h11H,3-10H2,1-2H3. The first kappa shape index (κ1) is 14.1. The predicted octanol–water partition coefficient (Wildman–Crippen LogP) is 3.54. The SMILES string of the molecule is CCCc1nc(CCC2CCCC2)oc1C(=O)OC. The van der Waals surface area contributed by atoms with E-state index < -0.39 is 5.97 Å². The summed E-state index contributed by atoms with van der Waals surface area (Å²) in [5, 5.41) is 0. The first-order valence-corrected chi connectivity index (χ1v) is 7.31. The van der Waals surface area contributed by atoms with Crippen molar-refractivity contribution in [1.29, 1.82) is 0 Å². The fourth-order valence-electron chi connectivity index (χ4n) is 2.79. The number of aromatic nitrogens is 1. The van der Waals surface area contributed by atoms with Crippen molar-refractivity contribution in [2.75, 3.05) is 7.11 Å². The summed E-state index contributed by atoms with van der Waals surface area (Å²) < 4.78 is 10.3. The molecule has 4 heteroatoms. The minimum absolute atomic E-state index is 0.297. The third-order valence-corrected chi connectivity index (χ3v) is 3.84. The zero-order valence-corrected chi connectivity index (χ0v) is 11.9. The van der Waals surface area contributed by atoms with E-state index in [1.165, 1.54) is 32.8 Å². The van der Waals surface area contributed by atoms with Gasteiger partial charge in [0.25, 0.3) is 0 Å². The summed E-state index contributed by atoms with van der Waals surface area (Å²) in [4.78, 5) is 16.1. The molecule has 0 aromatic carbocycles. The zero-order valence-electron chi connectivity index (χ0n) is 11.9. The maximum absolute atomic E-state index is 11.6. The normalized spacial score (nSPS) is 15.9. The van der Waals surface area contributed by atoms with Gasteiger partial charge in [0.15, 0.2) is 5.89 Å². The van der Waals surface area contributed by atoms with Crippen molar-refractivity contribution in [3.05, 3.63) is 17.3 Å². The highest BCUT2D eigenvalue weighted by molar-refractivity contribution is 5.87. The predicted molar refractivity (Wildman–Crippen MR) is 72.1 cm³/mol. The average Bonchev–Trinajstić information content (AvgIpc) is 3.05. The first-order chi connectivity index (χ1) is 9.24. The van der Waals surface area contributed by atoms with Gasteiger partial charge >= 0.3 is 5.97 Å². The van der Waals surface area contributed by atoms with Crippen LogP contribution in [0.3, 0.4) is 0 Å². The second-order valence-electron chi connectivity index (χ2n) is 5.31. The summed E-state index contributed by atoms with van der Waals surface area (Å²) in [7, 11) is 1.37. The van der Waals surface area contributed by atoms with Gasteiger partial charge in [0.05, 0.1) is 12.8 Å². The monoisotopic (exact) mass is 265 g/mol. The van der Waals surface area contributed by atoms with Crippen LogP contribution < -0.4 is 0 Å². The Morgan fingerprint density at radius 2 is 2.11 bits per heavy atom. The lowest BCUT2D eigenvalue weighted by atomic mass is 10.0. The molecule has 106 valence electrons. The molecule has 1 aromatic rings. The Bertz CT molecular complexity index is 419. The Morgan fingerprint density at radius 3 is 2.74 bits per heavy atom. The molecule has 0 saturated heterocycles. The third kappa shape index (κ3) is 3.58. The summed E-state index contributed by atoms with van der Waals surface area (Å²) in [6, 6.07) is 0. The number of ether oxygens (including phenoxy) is 1. The van der Waals surface area contributed by atoms with Gasteiger partial charge in [0.1, 0.15) is 0 Å². The molecular weight excluding hydrogens is 242 g/mol. The number of carbonyl (C=O) groups is 1. The van der Waals surface area contributed by atoms with Crippen molar-refractivity contribution in [3.63, 3.8) is 0 Å². The van der Waals surface area contributed by atoms with E-state index in [0.29, 0.717) is 11.7 Å². The molecule has 1 heterocycles. The van der Waals surface area contributed by atoms with Crippen molar-refractivity contribution in [3.8, 4) is 0 Å². The van der Waals surface area contributed by atoms with Gasteiger partial charge in [-0.15, -0.1) is 0 Å². The summed E-state index contributed by atoms with van der Waals surface area (Å²) >= 11 is 0. The number of oxazole rings is 1. The molecule has 4 nitrogen and oxygen atoms in total. The summed E-state index contributed by atoms with van der Waals surface area (Å²) in [6.07, 6.45) is 9.01. The number of hydrogen-bond acceptors (Lipinski definition) is 4. The van der Waals surface area contributed by atoms with Gasteiger partial charge in [0.2, 0.25) is 5.76 Å². The molecule has 0 bridgehead atoms. The number of nitrogens with zero attached hydrogens (tertiary/aromatic N) is 1. The molecular formula is C15H23NO3. The van der Waals surface area contributed by atoms with Crippen LogP contribution in [0, 0.1) is 5.92 Å². The lowest BCUT2D eigenvalue weighted by molar-refractivity contribution is 0.0561. The molecule has 1 aliphatic rings. The Hall–Kier alpha value is -1.32. The average molecular weight is 265 g/mol. The molecule has 1 fully saturated rings. The van der Waals surface area contributed by atoms with Crippen molar-refractivity contribution in [2.45, 2.75) is 58.3 Å². The fraction of sp³-hybridized carbons (Fsp3) is 0.733. The van der Waals surface area contributed by atoms with E-state index in [2.05, 4.69) is 11.9 Å². The van der Waals surface area contributed by atoms with Crippen LogP contribution in [0.25, 0.3) is 0 Å². The number of hydrogen-bond donors (Lipinski definition) is 0. The van der Waals surface area contributed by atoms with Gasteiger partial charge in [-0.2, -0.15) is 0 Å². The van der Waals surface area contributed by atoms with Crippen molar-refractivity contribution < 1.29 is 13.9 Å². The van der Waals surface area contributed by atoms with Crippen molar-refractivity contribution >= 4 is 5.97 Å². The minimum Gasteiger partial charge on any atom is -0.463 e. The third-order valence-electron chi connectivity index (χ3n) is 3.84. The molecule has 1 aliphatic carbocycles. The minimum atomic E-state index is -0.414. The Morgan fingerprint density at radius 1 is 1.37 bits per heavy atom. The van der Waals surface area contributed by atoms with E-state index in [9.17, 15) is 4.79 Å². The highest BCUT2D eigenvalue weighted by Crippen LogP contribution is 2.29. The van der Waals surface area contributed by atoms with Crippen LogP contribution in [0.1, 0.15) is 67.6 Å². The molecule has 0 radical (unpaired) electrons. The van der Waals surface area contributed by atoms with Crippen molar-refractivity contribution in [2.24, 2.45) is 5.92 Å². The van der Waals surface area contributed by atoms with E-state index >= 15 is 0 Å². The molecule has 0 spiro atoms. The molecule has 0 atom stereocenters. The molecule has 19 heavy (non-hydrogen) atoms. The number of carbonyl (C=O) groups excluding carboxylic acids is 1. The van der Waals surface area contributed by atoms with E-state index in [0.717, 1.165) is 37.3 Å². The van der Waals surface area contributed by atoms with Crippen LogP contribution in [0.15, 0.2) is 4.42 Å². The Labute approximate surface area is 114 Å². The molecule has 0 unspecified atom stereocenters. The molecule has 0 aliphatic heterocycles. The second kappa shape index (κ2) is 6.73. The Kier molecular flexibility index (Phi) is 5.00. The topological polar surface area (TPSA) is 52.3 Å². The fourth-order valence-corrected chi connectivity index (χ4v) is 2.79. The quantitative estimate of drug-likeness (QED) is 0.738. The molecule has 1 saturated carbocycles. The van der Waals surface area contributed by atoms with Gasteiger partial charge in [-0.05, 0) is 18.8 Å². The maximum Gasteiger partial charge on any atom is 0.375 e. The lowest BCUT2D eigenvalue weighted by Crippen LogP contribution is -2.03. The van der Waals surface area contributed by atoms with E-state index in [-0.39, 0.29) is 0 Å². The van der Waals surface area contributed by atoms with Gasteiger partial charge in [0, 0.05) is 6.42 Å². The lowest BCUT2D eigenvalue weighted by Gasteiger charge is -2.05. The van der Waals surface area contributed by atoms with Crippen LogP contribution in [0.4, 0.5) is 0 Å². The van der Waals surface area contributed by atoms with Gasteiger partial charge in [-0.25, -0.2) is 9.78 Å². The van der Waals surface area contributed by atoms with Crippen LogP contribution in [0.2, 0.25) is 0 Å². The van der Waals surface area contributed by atoms with Gasteiger partial charge < -0.3 is 9.15 Å². The van der Waals surface area contributed by atoms with Crippen LogP contribution in [-0.2, 0) is 17.6 Å². The maximum atomic E-state index is 11.6. The smallest absolute Gasteiger partial charge is 0.375 e. The zero-order chi connectivity index (χ0) is 13.7. The second-order valence-corrected chi connectivity index (χ2v) is 5.31. The summed E-state index contributed by atoms with van der Waals surface area (Å²) in [6.45, 7) is 2.06. The van der Waals surface area contributed by atoms with Crippen LogP contribution in [0.5, 0.6) is 0 Å². The summed E-state index contributed by atoms with van der Waals surface area (Å²) in [5.74, 6) is 1.38. The van der Waals surface area contributed by atoms with Crippen LogP contribution in [-0.4, -0.2) is 18.1 Å². The molecule has 2 rings (SSSR count). The number of rotatable bonds is 6. The first-order valence-electron chi connectivity index (χ1n) is 7.31. The number of methoxy groups -OCH3 is 1. The number of esters is 1. The van der Waals surface area contributed by atoms with Gasteiger partial charge in [-0.1, -0.05) is 39.0 Å². The van der Waals surface area contributed by atoms with Crippen molar-refractivity contribution in [1.82, 2.24) is 4.98 Å². The molecule has 0 N–H and O–H groups in total. The Balaban J connectivity index is 2.01. The highest BCUT2D eigenvalue weighted by atomic mass is 16.5. The van der Waals surface area contributed by atoms with Gasteiger partial charge in [-0.3, -0.25) is 0 Å².